The maximum absolute atomic E-state index is 13.3. The first-order valence-corrected chi connectivity index (χ1v) is 5.06. The van der Waals surface area contributed by atoms with Crippen molar-refractivity contribution >= 4 is 17.0 Å². The minimum atomic E-state index is -0.227. The van der Waals surface area contributed by atoms with E-state index in [4.69, 9.17) is 5.73 Å². The molecule has 1 aromatic heterocycles. The molecule has 0 aliphatic carbocycles. The van der Waals surface area contributed by atoms with Crippen LogP contribution in [0.2, 0.25) is 0 Å². The predicted octanol–water partition coefficient (Wildman–Crippen LogP) is 2.46. The van der Waals surface area contributed by atoms with Crippen LogP contribution < -0.4 is 5.73 Å². The minimum Gasteiger partial charge on any atom is -0.399 e. The normalized spacial score (nSPS) is 10.4. The van der Waals surface area contributed by atoms with E-state index >= 15 is 0 Å². The summed E-state index contributed by atoms with van der Waals surface area (Å²) in [5.41, 5.74) is 6.75. The van der Waals surface area contributed by atoms with Gasteiger partial charge in [-0.15, -0.1) is 11.3 Å². The van der Waals surface area contributed by atoms with Crippen LogP contribution in [0.5, 0.6) is 0 Å². The maximum Gasteiger partial charge on any atom is 0.126 e. The molecule has 14 heavy (non-hydrogen) atoms. The Balaban J connectivity index is 2.28. The molecular weight excluding hydrogens is 199 g/mol. The van der Waals surface area contributed by atoms with Gasteiger partial charge in [-0.2, -0.15) is 0 Å². The van der Waals surface area contributed by atoms with E-state index in [2.05, 4.69) is 4.98 Å². The van der Waals surface area contributed by atoms with E-state index in [1.807, 2.05) is 5.38 Å². The van der Waals surface area contributed by atoms with Gasteiger partial charge in [-0.3, -0.25) is 0 Å². The molecule has 0 atom stereocenters. The van der Waals surface area contributed by atoms with Crippen LogP contribution in [-0.2, 0) is 6.42 Å². The quantitative estimate of drug-likeness (QED) is 0.770. The Bertz CT molecular complexity index is 426. The number of hydrogen-bond donors (Lipinski definition) is 1. The van der Waals surface area contributed by atoms with Crippen molar-refractivity contribution in [2.24, 2.45) is 0 Å². The van der Waals surface area contributed by atoms with Crippen LogP contribution in [0, 0.1) is 5.82 Å². The Morgan fingerprint density at radius 1 is 1.43 bits per heavy atom. The summed E-state index contributed by atoms with van der Waals surface area (Å²) >= 11 is 1.51. The second kappa shape index (κ2) is 3.75. The highest BCUT2D eigenvalue weighted by Gasteiger charge is 2.05. The van der Waals surface area contributed by atoms with Crippen LogP contribution in [0.15, 0.2) is 29.8 Å². The first-order valence-electron chi connectivity index (χ1n) is 4.18. The van der Waals surface area contributed by atoms with Crippen molar-refractivity contribution in [3.8, 4) is 0 Å². The van der Waals surface area contributed by atoms with Crippen molar-refractivity contribution in [2.45, 2.75) is 6.42 Å². The van der Waals surface area contributed by atoms with Crippen molar-refractivity contribution in [1.29, 1.82) is 0 Å². The molecule has 0 saturated carbocycles. The van der Waals surface area contributed by atoms with Gasteiger partial charge >= 0.3 is 0 Å². The molecule has 0 radical (unpaired) electrons. The third kappa shape index (κ3) is 1.90. The summed E-state index contributed by atoms with van der Waals surface area (Å²) in [5.74, 6) is -0.227. The van der Waals surface area contributed by atoms with Gasteiger partial charge in [-0.05, 0) is 23.8 Å². The smallest absolute Gasteiger partial charge is 0.126 e. The number of halogens is 1. The molecule has 2 nitrogen and oxygen atoms in total. The summed E-state index contributed by atoms with van der Waals surface area (Å²) in [7, 11) is 0. The van der Waals surface area contributed by atoms with Gasteiger partial charge in [0.25, 0.3) is 0 Å². The summed E-state index contributed by atoms with van der Waals surface area (Å²) in [6.07, 6.45) is 2.22. The Morgan fingerprint density at radius 3 is 3.00 bits per heavy atom. The van der Waals surface area contributed by atoms with Crippen LogP contribution >= 0.6 is 11.3 Å². The van der Waals surface area contributed by atoms with Gasteiger partial charge in [0, 0.05) is 23.7 Å². The monoisotopic (exact) mass is 208 g/mol. The molecule has 2 aromatic rings. The molecule has 0 saturated heterocycles. The van der Waals surface area contributed by atoms with E-state index in [9.17, 15) is 4.39 Å². The number of aromatic nitrogens is 1. The molecule has 0 amide bonds. The van der Waals surface area contributed by atoms with Crippen molar-refractivity contribution in [3.05, 3.63) is 46.2 Å². The summed E-state index contributed by atoms with van der Waals surface area (Å²) in [4.78, 5) is 4.09. The zero-order valence-electron chi connectivity index (χ0n) is 7.40. The lowest BCUT2D eigenvalue weighted by Crippen LogP contribution is -1.94. The second-order valence-electron chi connectivity index (χ2n) is 2.95. The number of anilines is 1. The fraction of sp³-hybridized carbons (Fsp3) is 0.100. The van der Waals surface area contributed by atoms with Crippen LogP contribution in [0.4, 0.5) is 10.1 Å². The highest BCUT2D eigenvalue weighted by molar-refractivity contribution is 7.09. The van der Waals surface area contributed by atoms with Crippen LogP contribution in [-0.4, -0.2) is 4.98 Å². The molecule has 72 valence electrons. The molecule has 2 N–H and O–H groups in total. The van der Waals surface area contributed by atoms with Gasteiger partial charge in [-0.25, -0.2) is 9.37 Å². The van der Waals surface area contributed by atoms with Gasteiger partial charge in [0.05, 0.1) is 5.01 Å². The molecule has 0 aliphatic rings. The number of hydrogen-bond acceptors (Lipinski definition) is 3. The fourth-order valence-electron chi connectivity index (χ4n) is 1.23. The average molecular weight is 208 g/mol. The molecule has 0 bridgehead atoms. The molecule has 0 spiro atoms. The standard InChI is InChI=1S/C10H9FN2S/c11-9-2-1-8(12)5-7(9)6-10-13-3-4-14-10/h1-5H,6,12H2. The predicted molar refractivity (Wildman–Crippen MR) is 55.7 cm³/mol. The van der Waals surface area contributed by atoms with Crippen LogP contribution in [0.3, 0.4) is 0 Å². The molecule has 0 unspecified atom stereocenters. The van der Waals surface area contributed by atoms with Crippen LogP contribution in [0.25, 0.3) is 0 Å². The fourth-order valence-corrected chi connectivity index (χ4v) is 1.87. The number of nitrogens with two attached hydrogens (primary N) is 1. The van der Waals surface area contributed by atoms with E-state index in [1.54, 1.807) is 18.3 Å². The first kappa shape index (κ1) is 9.15. The SMILES string of the molecule is Nc1ccc(F)c(Cc2nccs2)c1. The Labute approximate surface area is 85.2 Å². The number of nitrogens with zero attached hydrogens (tertiary/aromatic N) is 1. The van der Waals surface area contributed by atoms with Crippen molar-refractivity contribution in [3.63, 3.8) is 0 Å². The van der Waals surface area contributed by atoms with Crippen molar-refractivity contribution < 1.29 is 4.39 Å². The lowest BCUT2D eigenvalue weighted by Gasteiger charge is -2.01. The number of rotatable bonds is 2. The lowest BCUT2D eigenvalue weighted by atomic mass is 10.1. The van der Waals surface area contributed by atoms with Gasteiger partial charge in [0.1, 0.15) is 5.82 Å². The van der Waals surface area contributed by atoms with Gasteiger partial charge in [0.15, 0.2) is 0 Å². The third-order valence-corrected chi connectivity index (χ3v) is 2.67. The van der Waals surface area contributed by atoms with Gasteiger partial charge in [-0.1, -0.05) is 0 Å². The Morgan fingerprint density at radius 2 is 2.29 bits per heavy atom. The summed E-state index contributed by atoms with van der Waals surface area (Å²) in [5, 5.41) is 2.77. The number of benzene rings is 1. The van der Waals surface area contributed by atoms with E-state index in [0.29, 0.717) is 17.7 Å². The van der Waals surface area contributed by atoms with E-state index < -0.39 is 0 Å². The number of nitrogen functional groups attached to an aromatic ring is 1. The highest BCUT2D eigenvalue weighted by atomic mass is 32.1. The molecule has 1 heterocycles. The second-order valence-corrected chi connectivity index (χ2v) is 3.93. The highest BCUT2D eigenvalue weighted by Crippen LogP contribution is 2.17. The number of thiazole rings is 1. The van der Waals surface area contributed by atoms with E-state index in [1.165, 1.54) is 17.4 Å². The summed E-state index contributed by atoms with van der Waals surface area (Å²) in [6, 6.07) is 4.59. The molecular formula is C10H9FN2S. The topological polar surface area (TPSA) is 38.9 Å². The first-order chi connectivity index (χ1) is 6.75. The third-order valence-electron chi connectivity index (χ3n) is 1.89. The Hall–Kier alpha value is -1.42. The van der Waals surface area contributed by atoms with Gasteiger partial charge in [0.2, 0.25) is 0 Å². The zero-order valence-corrected chi connectivity index (χ0v) is 8.22. The van der Waals surface area contributed by atoms with Gasteiger partial charge < -0.3 is 5.73 Å². The molecule has 0 aliphatic heterocycles. The summed E-state index contributed by atoms with van der Waals surface area (Å²) < 4.78 is 13.3. The molecule has 2 rings (SSSR count). The van der Waals surface area contributed by atoms with E-state index in [0.717, 1.165) is 5.01 Å². The lowest BCUT2D eigenvalue weighted by molar-refractivity contribution is 0.614. The van der Waals surface area contributed by atoms with E-state index in [-0.39, 0.29) is 5.82 Å². The summed E-state index contributed by atoms with van der Waals surface area (Å²) in [6.45, 7) is 0. The van der Waals surface area contributed by atoms with Crippen LogP contribution in [0.1, 0.15) is 10.6 Å². The molecule has 4 heteroatoms. The maximum atomic E-state index is 13.3. The molecule has 1 aromatic carbocycles. The minimum absolute atomic E-state index is 0.227. The Kier molecular flexibility index (Phi) is 2.45. The molecule has 0 fully saturated rings. The average Bonchev–Trinajstić information content (AvgIpc) is 2.64. The van der Waals surface area contributed by atoms with Crippen molar-refractivity contribution in [1.82, 2.24) is 4.98 Å². The van der Waals surface area contributed by atoms with Crippen molar-refractivity contribution in [2.75, 3.05) is 5.73 Å². The zero-order chi connectivity index (χ0) is 9.97. The largest absolute Gasteiger partial charge is 0.399 e.